The Bertz CT molecular complexity index is 1960. The maximum atomic E-state index is 3.59. The minimum atomic E-state index is 0. The molecule has 2 atom stereocenters. The molecule has 0 N–H and O–H groups in total. The number of rotatable bonds is 10. The SMILES string of the molecule is CCCCc1ccc(-c2cccc3c2C=[C-]C3c2ccc(C)s2)cc1.CCCCc1ccc(-c2cccc3c2C=[C-]C3c2ccc(C)s2)cc1.[Cl-].[Cl-].[Zr+4]. The number of fused-ring (bicyclic) bond motifs is 2. The molecule has 0 amide bonds. The first-order valence-corrected chi connectivity index (χ1v) is 19.9. The number of hydrogen-bond donors (Lipinski definition) is 0. The fraction of sp³-hybridized carbons (Fsp3) is 0.250. The van der Waals surface area contributed by atoms with E-state index in [0.717, 1.165) is 0 Å². The molecule has 2 aliphatic carbocycles. The molecule has 0 aliphatic heterocycles. The number of thiophene rings is 2. The first-order chi connectivity index (χ1) is 24.5. The van der Waals surface area contributed by atoms with Crippen molar-refractivity contribution in [3.8, 4) is 22.3 Å². The van der Waals surface area contributed by atoms with E-state index in [1.807, 2.05) is 22.7 Å². The second-order valence-corrected chi connectivity index (χ2v) is 16.2. The van der Waals surface area contributed by atoms with Crippen LogP contribution in [-0.4, -0.2) is 0 Å². The Kier molecular flexibility index (Phi) is 16.4. The van der Waals surface area contributed by atoms with Crippen molar-refractivity contribution in [3.63, 3.8) is 0 Å². The molecule has 268 valence electrons. The number of benzene rings is 4. The summed E-state index contributed by atoms with van der Waals surface area (Å²) >= 11 is 3.75. The van der Waals surface area contributed by atoms with Crippen LogP contribution in [0.15, 0.2) is 109 Å². The van der Waals surface area contributed by atoms with Crippen molar-refractivity contribution in [2.75, 3.05) is 0 Å². The van der Waals surface area contributed by atoms with Crippen LogP contribution < -0.4 is 24.8 Å². The molecule has 0 spiro atoms. The fourth-order valence-corrected chi connectivity index (χ4v) is 9.07. The maximum Gasteiger partial charge on any atom is 4.00 e. The van der Waals surface area contributed by atoms with Gasteiger partial charge in [0.2, 0.25) is 0 Å². The zero-order chi connectivity index (χ0) is 34.5. The van der Waals surface area contributed by atoms with Gasteiger partial charge in [-0.2, -0.15) is 11.1 Å². The quantitative estimate of drug-likeness (QED) is 0.123. The molecule has 2 unspecified atom stereocenters. The third kappa shape index (κ3) is 9.91. The monoisotopic (exact) mass is 846 g/mol. The Hall–Kier alpha value is -2.78. The van der Waals surface area contributed by atoms with E-state index in [2.05, 4.69) is 161 Å². The van der Waals surface area contributed by atoms with Crippen LogP contribution in [-0.2, 0) is 39.0 Å². The molecule has 4 aromatic carbocycles. The Balaban J connectivity index is 0.000000224. The molecule has 2 aromatic heterocycles. The second kappa shape index (κ2) is 20.2. The summed E-state index contributed by atoms with van der Waals surface area (Å²) in [6, 6.07) is 40.5. The summed E-state index contributed by atoms with van der Waals surface area (Å²) in [6.45, 7) is 8.83. The molecular weight excluding hydrogens is 803 g/mol. The van der Waals surface area contributed by atoms with Gasteiger partial charge in [-0.15, -0.1) is 33.8 Å². The number of unbranched alkanes of at least 4 members (excludes halogenated alkanes) is 2. The molecule has 6 aromatic rings. The Labute approximate surface area is 357 Å². The van der Waals surface area contributed by atoms with Gasteiger partial charge in [-0.25, -0.2) is 12.2 Å². The smallest absolute Gasteiger partial charge is 1.00 e. The van der Waals surface area contributed by atoms with Crippen LogP contribution in [0.5, 0.6) is 0 Å². The summed E-state index contributed by atoms with van der Waals surface area (Å²) < 4.78 is 0. The number of hydrogen-bond acceptors (Lipinski definition) is 2. The average Bonchev–Trinajstić information content (AvgIpc) is 3.97. The second-order valence-electron chi connectivity index (χ2n) is 13.6. The van der Waals surface area contributed by atoms with Crippen LogP contribution in [0, 0.1) is 26.0 Å². The van der Waals surface area contributed by atoms with E-state index in [0.29, 0.717) is 0 Å². The first-order valence-electron chi connectivity index (χ1n) is 18.3. The average molecular weight is 849 g/mol. The van der Waals surface area contributed by atoms with E-state index >= 15 is 0 Å². The van der Waals surface area contributed by atoms with Gasteiger partial charge in [0.25, 0.3) is 0 Å². The Morgan fingerprint density at radius 3 is 1.25 bits per heavy atom. The molecule has 0 saturated carbocycles. The molecule has 2 aliphatic rings. The third-order valence-corrected chi connectivity index (χ3v) is 12.1. The van der Waals surface area contributed by atoms with Crippen molar-refractivity contribution >= 4 is 34.8 Å². The van der Waals surface area contributed by atoms with Crippen LogP contribution in [0.3, 0.4) is 0 Å². The van der Waals surface area contributed by atoms with Crippen LogP contribution >= 0.6 is 22.7 Å². The number of halogens is 2. The van der Waals surface area contributed by atoms with E-state index < -0.39 is 0 Å². The van der Waals surface area contributed by atoms with E-state index in [-0.39, 0.29) is 62.9 Å². The van der Waals surface area contributed by atoms with Gasteiger partial charge in [0.15, 0.2) is 0 Å². The standard InChI is InChI=1S/2C24H23S.2ClH.Zr/c2*1-3-4-6-18-10-12-19(13-11-18)20-7-5-8-21-22(20)14-15-23(21)24-16-9-17(2)25-24;;;/h2*5,7-14,16,23H,3-4,6H2,1-2H3;2*1H;/q2*-1;;;+4/p-2. The van der Waals surface area contributed by atoms with Crippen molar-refractivity contribution in [2.45, 2.75) is 78.1 Å². The van der Waals surface area contributed by atoms with Crippen molar-refractivity contribution in [1.29, 1.82) is 0 Å². The topological polar surface area (TPSA) is 0 Å². The molecule has 0 fully saturated rings. The first kappa shape index (κ1) is 43.0. The largest absolute Gasteiger partial charge is 4.00 e. The van der Waals surface area contributed by atoms with E-state index in [4.69, 9.17) is 0 Å². The number of aryl methyl sites for hydroxylation is 4. The summed E-state index contributed by atoms with van der Waals surface area (Å²) in [7, 11) is 0. The van der Waals surface area contributed by atoms with Crippen molar-refractivity contribution in [2.24, 2.45) is 0 Å². The van der Waals surface area contributed by atoms with Crippen LogP contribution in [0.2, 0.25) is 0 Å². The molecule has 8 rings (SSSR count). The van der Waals surface area contributed by atoms with E-state index in [1.165, 1.54) is 114 Å². The van der Waals surface area contributed by atoms with Gasteiger partial charge in [0, 0.05) is 9.75 Å². The molecule has 0 nitrogen and oxygen atoms in total. The summed E-state index contributed by atoms with van der Waals surface area (Å²) in [4.78, 5) is 5.51. The van der Waals surface area contributed by atoms with Gasteiger partial charge in [-0.1, -0.05) is 135 Å². The molecule has 0 saturated heterocycles. The van der Waals surface area contributed by atoms with Crippen LogP contribution in [0.25, 0.3) is 34.4 Å². The molecule has 0 bridgehead atoms. The van der Waals surface area contributed by atoms with Gasteiger partial charge in [0.05, 0.1) is 0 Å². The normalized spacial score (nSPS) is 14.6. The number of allylic oxidation sites excluding steroid dienone is 2. The summed E-state index contributed by atoms with van der Waals surface area (Å²) in [5, 5.41) is 0. The van der Waals surface area contributed by atoms with Gasteiger partial charge in [-0.3, -0.25) is 12.2 Å². The predicted octanol–water partition coefficient (Wildman–Crippen LogP) is 8.06. The molecule has 53 heavy (non-hydrogen) atoms. The van der Waals surface area contributed by atoms with Gasteiger partial charge >= 0.3 is 26.2 Å². The van der Waals surface area contributed by atoms with E-state index in [9.17, 15) is 0 Å². The summed E-state index contributed by atoms with van der Waals surface area (Å²) in [5.41, 5.74) is 13.6. The van der Waals surface area contributed by atoms with Crippen LogP contribution in [0.1, 0.15) is 104 Å². The molecule has 5 heteroatoms. The van der Waals surface area contributed by atoms with Gasteiger partial charge in [-0.05, 0) is 95.8 Å². The summed E-state index contributed by atoms with van der Waals surface area (Å²) in [5.74, 6) is 0.579. The minimum absolute atomic E-state index is 0. The van der Waals surface area contributed by atoms with Crippen molar-refractivity contribution in [3.05, 3.63) is 174 Å². The summed E-state index contributed by atoms with van der Waals surface area (Å²) in [6.07, 6.45) is 18.9. The minimum Gasteiger partial charge on any atom is -1.00 e. The zero-order valence-corrected chi connectivity index (χ0v) is 36.6. The third-order valence-electron chi connectivity index (χ3n) is 9.95. The zero-order valence-electron chi connectivity index (χ0n) is 31.0. The van der Waals surface area contributed by atoms with Gasteiger partial charge < -0.3 is 24.8 Å². The maximum absolute atomic E-state index is 3.59. The molecule has 2 heterocycles. The van der Waals surface area contributed by atoms with Crippen LogP contribution in [0.4, 0.5) is 0 Å². The molecule has 0 radical (unpaired) electrons. The van der Waals surface area contributed by atoms with Crippen molar-refractivity contribution < 1.29 is 51.0 Å². The van der Waals surface area contributed by atoms with E-state index in [1.54, 1.807) is 0 Å². The van der Waals surface area contributed by atoms with Gasteiger partial charge in [0.1, 0.15) is 0 Å². The Morgan fingerprint density at radius 2 is 0.906 bits per heavy atom. The fourth-order valence-electron chi connectivity index (χ4n) is 7.16. The Morgan fingerprint density at radius 1 is 0.509 bits per heavy atom. The molecular formula is C48H46Cl2S2Zr. The van der Waals surface area contributed by atoms with Crippen molar-refractivity contribution in [1.82, 2.24) is 0 Å². The predicted molar refractivity (Wildman–Crippen MR) is 218 cm³/mol.